The van der Waals surface area contributed by atoms with Crippen LogP contribution in [0, 0.1) is 0 Å². The van der Waals surface area contributed by atoms with Gasteiger partial charge in [-0.1, -0.05) is 5.21 Å². The predicted molar refractivity (Wildman–Crippen MR) is 126 cm³/mol. The number of carbonyl (C=O) groups is 4. The monoisotopic (exact) mass is 541 g/mol. The first-order chi connectivity index (χ1) is 18.5. The molecule has 1 fully saturated rings. The number of carboxylic acid groups (broad SMARTS) is 1. The van der Waals surface area contributed by atoms with E-state index in [0.29, 0.717) is 24.2 Å². The number of aliphatic carboxylic acids is 1. The highest BCUT2D eigenvalue weighted by Crippen LogP contribution is 2.29. The molecule has 2 aliphatic heterocycles. The van der Waals surface area contributed by atoms with Gasteiger partial charge in [0.15, 0.2) is 0 Å². The maximum Gasteiger partial charge on any atom is 0.490 e. The minimum atomic E-state index is -5.08. The van der Waals surface area contributed by atoms with Crippen molar-refractivity contribution in [1.82, 2.24) is 35.2 Å². The van der Waals surface area contributed by atoms with E-state index < -0.39 is 24.1 Å². The number of H-pyrrole nitrogens is 1. The molecular weight excluding hydrogens is 523 g/mol. The molecule has 200 valence electrons. The number of pyridine rings is 1. The number of nitrogens with one attached hydrogen (secondary N) is 2. The fourth-order valence-corrected chi connectivity index (χ4v) is 4.30. The molecule has 15 heteroatoms. The second kappa shape index (κ2) is 9.66. The third-order valence-corrected chi connectivity index (χ3v) is 6.20. The van der Waals surface area contributed by atoms with Gasteiger partial charge >= 0.3 is 12.1 Å². The second-order valence-electron chi connectivity index (χ2n) is 8.73. The Bertz CT molecular complexity index is 1630. The molecule has 0 saturated carbocycles. The van der Waals surface area contributed by atoms with E-state index >= 15 is 0 Å². The summed E-state index contributed by atoms with van der Waals surface area (Å²) in [5.41, 5.74) is 5.44. The van der Waals surface area contributed by atoms with Crippen molar-refractivity contribution in [3.05, 3.63) is 60.0 Å². The number of aromatic nitrogens is 5. The Morgan fingerprint density at radius 1 is 1.13 bits per heavy atom. The fourth-order valence-electron chi connectivity index (χ4n) is 4.30. The molecule has 1 saturated heterocycles. The molecule has 1 atom stereocenters. The minimum absolute atomic E-state index is 0.203. The molecule has 2 aliphatic rings. The van der Waals surface area contributed by atoms with Crippen molar-refractivity contribution in [1.29, 1.82) is 0 Å². The molecule has 5 heterocycles. The van der Waals surface area contributed by atoms with Gasteiger partial charge in [-0.05, 0) is 42.3 Å². The topological polar surface area (TPSA) is 163 Å². The zero-order valence-electron chi connectivity index (χ0n) is 19.8. The summed E-state index contributed by atoms with van der Waals surface area (Å²) in [7, 11) is 0. The number of halogens is 3. The van der Waals surface area contributed by atoms with Gasteiger partial charge < -0.3 is 15.0 Å². The summed E-state index contributed by atoms with van der Waals surface area (Å²) in [6, 6.07) is 8.66. The van der Waals surface area contributed by atoms with E-state index in [9.17, 15) is 27.6 Å². The molecule has 3 amide bonds. The Kier molecular flexibility index (Phi) is 6.33. The summed E-state index contributed by atoms with van der Waals surface area (Å²) in [6.45, 7) is 0.309. The highest BCUT2D eigenvalue weighted by atomic mass is 19.4. The van der Waals surface area contributed by atoms with Crippen molar-refractivity contribution in [2.45, 2.75) is 31.6 Å². The lowest BCUT2D eigenvalue weighted by Crippen LogP contribution is -2.52. The minimum Gasteiger partial charge on any atom is -0.475 e. The van der Waals surface area contributed by atoms with Crippen LogP contribution < -0.4 is 5.32 Å². The summed E-state index contributed by atoms with van der Waals surface area (Å²) in [6.07, 6.45) is 0.879. The smallest absolute Gasteiger partial charge is 0.475 e. The molecule has 1 aromatic carbocycles. The highest BCUT2D eigenvalue weighted by Gasteiger charge is 2.39. The Hall–Kier alpha value is -5.08. The molecule has 39 heavy (non-hydrogen) atoms. The number of aromatic amines is 1. The van der Waals surface area contributed by atoms with Crippen LogP contribution in [0.1, 0.15) is 28.8 Å². The average molecular weight is 541 g/mol. The summed E-state index contributed by atoms with van der Waals surface area (Å²) in [5.74, 6) is -3.68. The summed E-state index contributed by atoms with van der Waals surface area (Å²) in [5, 5.41) is 17.9. The van der Waals surface area contributed by atoms with Gasteiger partial charge in [0, 0.05) is 36.5 Å². The Morgan fingerprint density at radius 2 is 1.90 bits per heavy atom. The first-order valence-electron chi connectivity index (χ1n) is 11.4. The zero-order chi connectivity index (χ0) is 27.9. The van der Waals surface area contributed by atoms with E-state index in [1.807, 2.05) is 30.6 Å². The molecule has 0 spiro atoms. The highest BCUT2D eigenvalue weighted by molar-refractivity contribution is 6.05. The molecule has 4 aromatic rings. The molecule has 0 bridgehead atoms. The second-order valence-corrected chi connectivity index (χ2v) is 8.73. The van der Waals surface area contributed by atoms with Gasteiger partial charge in [0.05, 0.1) is 22.9 Å². The number of rotatable bonds is 3. The van der Waals surface area contributed by atoms with Crippen LogP contribution in [0.25, 0.3) is 28.0 Å². The van der Waals surface area contributed by atoms with E-state index in [-0.39, 0.29) is 18.2 Å². The summed E-state index contributed by atoms with van der Waals surface area (Å²) in [4.78, 5) is 54.5. The van der Waals surface area contributed by atoms with Crippen LogP contribution in [0.2, 0.25) is 0 Å². The molecular formula is C24H18F3N7O5. The van der Waals surface area contributed by atoms with E-state index in [0.717, 1.165) is 27.8 Å². The molecule has 3 aromatic heterocycles. The van der Waals surface area contributed by atoms with Crippen LogP contribution in [0.15, 0.2) is 48.9 Å². The number of alkyl halides is 3. The molecule has 1 unspecified atom stereocenters. The first-order valence-corrected chi connectivity index (χ1v) is 11.4. The standard InChI is InChI=1S/C22H17N7O3.C2HF3O2/c30-20-4-3-19(21(31)25-20)28-10-13-7-14(1-2-15(13)22(28)32)29-11-18(26-27-29)12-8-17-16(24-9-12)5-6-23-17;3-2(4,5)1(6)7/h1-2,5-9,11,19,23H,3-4,10H2,(H,25,30,31);(H,6,7). The van der Waals surface area contributed by atoms with Crippen molar-refractivity contribution in [3.8, 4) is 16.9 Å². The lowest BCUT2D eigenvalue weighted by atomic mass is 10.0. The van der Waals surface area contributed by atoms with Crippen molar-refractivity contribution in [2.24, 2.45) is 0 Å². The summed E-state index contributed by atoms with van der Waals surface area (Å²) < 4.78 is 33.4. The fraction of sp³-hybridized carbons (Fsp3) is 0.208. The van der Waals surface area contributed by atoms with E-state index in [4.69, 9.17) is 9.90 Å². The molecule has 3 N–H and O–H groups in total. The van der Waals surface area contributed by atoms with Gasteiger partial charge in [-0.3, -0.25) is 24.7 Å². The van der Waals surface area contributed by atoms with Gasteiger partial charge in [0.2, 0.25) is 11.8 Å². The van der Waals surface area contributed by atoms with Crippen molar-refractivity contribution in [3.63, 3.8) is 0 Å². The number of piperidine rings is 1. The maximum absolute atomic E-state index is 12.9. The lowest BCUT2D eigenvalue weighted by Gasteiger charge is -2.29. The Balaban J connectivity index is 0.000000392. The van der Waals surface area contributed by atoms with Crippen LogP contribution in [-0.2, 0) is 20.9 Å². The summed E-state index contributed by atoms with van der Waals surface area (Å²) >= 11 is 0. The van der Waals surface area contributed by atoms with Gasteiger partial charge in [-0.15, -0.1) is 5.10 Å². The van der Waals surface area contributed by atoms with Crippen LogP contribution >= 0.6 is 0 Å². The Labute approximate surface area is 216 Å². The zero-order valence-corrected chi connectivity index (χ0v) is 19.8. The van der Waals surface area contributed by atoms with E-state index in [2.05, 4.69) is 25.6 Å². The number of nitrogens with zero attached hydrogens (tertiary/aromatic N) is 5. The van der Waals surface area contributed by atoms with E-state index in [1.54, 1.807) is 23.0 Å². The van der Waals surface area contributed by atoms with Crippen LogP contribution in [-0.4, -0.2) is 70.9 Å². The largest absolute Gasteiger partial charge is 0.490 e. The molecule has 12 nitrogen and oxygen atoms in total. The number of fused-ring (bicyclic) bond motifs is 2. The van der Waals surface area contributed by atoms with Gasteiger partial charge in [0.1, 0.15) is 11.7 Å². The first kappa shape index (κ1) is 25.6. The Morgan fingerprint density at radius 3 is 2.62 bits per heavy atom. The van der Waals surface area contributed by atoms with Crippen molar-refractivity contribution >= 4 is 34.7 Å². The van der Waals surface area contributed by atoms with Gasteiger partial charge in [-0.25, -0.2) is 9.48 Å². The van der Waals surface area contributed by atoms with Crippen LogP contribution in [0.4, 0.5) is 13.2 Å². The number of hydrogen-bond donors (Lipinski definition) is 3. The molecule has 0 radical (unpaired) electrons. The predicted octanol–water partition coefficient (Wildman–Crippen LogP) is 2.20. The number of benzene rings is 1. The lowest BCUT2D eigenvalue weighted by molar-refractivity contribution is -0.192. The number of imide groups is 1. The third kappa shape index (κ3) is 5.05. The van der Waals surface area contributed by atoms with Gasteiger partial charge in [0.25, 0.3) is 5.91 Å². The SMILES string of the molecule is O=C(O)C(F)(F)F.O=C1CCC(N2Cc3cc(-n4cc(-c5cnc6cc[nH]c6c5)nn4)ccc3C2=O)C(=O)N1. The normalized spacial score (nSPS) is 17.1. The number of amides is 3. The van der Waals surface area contributed by atoms with Crippen molar-refractivity contribution in [2.75, 3.05) is 0 Å². The van der Waals surface area contributed by atoms with Crippen LogP contribution in [0.3, 0.4) is 0 Å². The quantitative estimate of drug-likeness (QED) is 0.333. The number of hydrogen-bond acceptors (Lipinski definition) is 7. The maximum atomic E-state index is 12.9. The van der Waals surface area contributed by atoms with Crippen LogP contribution in [0.5, 0.6) is 0 Å². The molecule has 6 rings (SSSR count). The number of carbonyl (C=O) groups excluding carboxylic acids is 3. The average Bonchev–Trinajstić information content (AvgIpc) is 3.62. The number of carboxylic acids is 1. The third-order valence-electron chi connectivity index (χ3n) is 6.20. The van der Waals surface area contributed by atoms with Crippen molar-refractivity contribution < 1.29 is 37.5 Å². The molecule has 0 aliphatic carbocycles. The van der Waals surface area contributed by atoms with E-state index in [1.165, 1.54) is 4.90 Å². The van der Waals surface area contributed by atoms with Gasteiger partial charge in [-0.2, -0.15) is 13.2 Å².